The normalized spacial score (nSPS) is 11.8. The van der Waals surface area contributed by atoms with Gasteiger partial charge in [-0.25, -0.2) is 0 Å². The fourth-order valence-electron chi connectivity index (χ4n) is 10.4. The van der Waals surface area contributed by atoms with Gasteiger partial charge in [-0.3, -0.25) is 0 Å². The largest absolute Gasteiger partial charge is 0.307 e. The molecule has 0 spiro atoms. The van der Waals surface area contributed by atoms with E-state index in [4.69, 9.17) is 0 Å². The molecule has 0 fully saturated rings. The maximum Gasteiger partial charge on any atom is 0.180 e. The minimum absolute atomic E-state index is 1.12. The van der Waals surface area contributed by atoms with Crippen LogP contribution in [0.1, 0.15) is 0 Å². The molecule has 0 bridgehead atoms. The molecule has 2 aromatic heterocycles. The second-order valence-corrected chi connectivity index (χ2v) is 20.2. The summed E-state index contributed by atoms with van der Waals surface area (Å²) in [6.07, 6.45) is 0. The van der Waals surface area contributed by atoms with Crippen molar-refractivity contribution in [3.63, 3.8) is 0 Å². The number of benzene rings is 10. The van der Waals surface area contributed by atoms with Crippen LogP contribution in [0.15, 0.2) is 255 Å². The Kier molecular flexibility index (Phi) is 8.87. The van der Waals surface area contributed by atoms with Crippen LogP contribution in [0.4, 0.5) is 0 Å². The Bertz CT molecular complexity index is 3500. The molecule has 3 heteroatoms. The van der Waals surface area contributed by atoms with Crippen molar-refractivity contribution in [2.24, 2.45) is 0 Å². The third-order valence-corrected chi connectivity index (χ3v) is 17.9. The van der Waals surface area contributed by atoms with E-state index in [1.165, 1.54) is 86.6 Å². The lowest BCUT2D eigenvalue weighted by atomic mass is 10.0. The zero-order valence-corrected chi connectivity index (χ0v) is 35.6. The molecule has 0 amide bonds. The van der Waals surface area contributed by atoms with E-state index in [1.54, 1.807) is 0 Å². The van der Waals surface area contributed by atoms with E-state index in [1.807, 2.05) is 0 Å². The summed E-state index contributed by atoms with van der Waals surface area (Å²) in [7, 11) is -2.91. The first-order valence-corrected chi connectivity index (χ1v) is 23.8. The molecule has 0 unspecified atom stereocenters. The summed E-state index contributed by atoms with van der Waals surface area (Å²) in [5.74, 6) is 0. The molecular formula is C60H42N2Si. The average Bonchev–Trinajstić information content (AvgIpc) is 3.89. The van der Waals surface area contributed by atoms with Crippen molar-refractivity contribution < 1.29 is 0 Å². The minimum Gasteiger partial charge on any atom is -0.307 e. The highest BCUT2D eigenvalue weighted by atomic mass is 28.3. The number of rotatable bonds is 8. The van der Waals surface area contributed by atoms with Crippen LogP contribution in [0.5, 0.6) is 0 Å². The summed E-state index contributed by atoms with van der Waals surface area (Å²) in [4.78, 5) is 0. The monoisotopic (exact) mass is 818 g/mol. The van der Waals surface area contributed by atoms with Gasteiger partial charge in [0.15, 0.2) is 8.07 Å². The lowest BCUT2D eigenvalue weighted by Crippen LogP contribution is -2.74. The summed E-state index contributed by atoms with van der Waals surface area (Å²) in [5, 5.41) is 10.5. The van der Waals surface area contributed by atoms with Crippen LogP contribution < -0.4 is 20.7 Å². The lowest BCUT2D eigenvalue weighted by Gasteiger charge is -2.35. The molecule has 0 radical (unpaired) electrons. The summed E-state index contributed by atoms with van der Waals surface area (Å²) < 4.78 is 5.06. The maximum atomic E-state index is 2.55. The van der Waals surface area contributed by atoms with E-state index >= 15 is 0 Å². The van der Waals surface area contributed by atoms with Crippen LogP contribution in [-0.2, 0) is 0 Å². The fourth-order valence-corrected chi connectivity index (χ4v) is 15.4. The van der Waals surface area contributed by atoms with Crippen LogP contribution in [0.25, 0.3) is 77.2 Å². The first-order valence-electron chi connectivity index (χ1n) is 21.8. The predicted molar refractivity (Wildman–Crippen MR) is 270 cm³/mol. The van der Waals surface area contributed by atoms with Gasteiger partial charge in [0.05, 0.1) is 27.8 Å². The molecule has 2 heterocycles. The molecule has 0 saturated heterocycles. The average molecular weight is 819 g/mol. The van der Waals surface area contributed by atoms with Gasteiger partial charge in [0.1, 0.15) is 0 Å². The van der Waals surface area contributed by atoms with E-state index in [-0.39, 0.29) is 0 Å². The Morgan fingerprint density at radius 1 is 0.286 bits per heavy atom. The fraction of sp³-hybridized carbons (Fsp3) is 0. The highest BCUT2D eigenvalue weighted by Gasteiger charge is 2.43. The van der Waals surface area contributed by atoms with E-state index in [9.17, 15) is 0 Å². The summed E-state index contributed by atoms with van der Waals surface area (Å²) in [5.41, 5.74) is 11.8. The molecule has 0 aliphatic rings. The third-order valence-electron chi connectivity index (χ3n) is 13.0. The van der Waals surface area contributed by atoms with Crippen molar-refractivity contribution in [1.82, 2.24) is 9.13 Å². The van der Waals surface area contributed by atoms with Crippen molar-refractivity contribution in [2.75, 3.05) is 0 Å². The molecule has 0 aliphatic heterocycles. The van der Waals surface area contributed by atoms with Crippen molar-refractivity contribution in [3.05, 3.63) is 255 Å². The second kappa shape index (κ2) is 15.2. The number of para-hydroxylation sites is 2. The molecule has 2 nitrogen and oxygen atoms in total. The Morgan fingerprint density at radius 3 is 1.41 bits per heavy atom. The summed E-state index contributed by atoms with van der Waals surface area (Å²) in [6, 6.07) is 94.3. The van der Waals surface area contributed by atoms with Crippen LogP contribution in [0.3, 0.4) is 0 Å². The molecule has 0 atom stereocenters. The van der Waals surface area contributed by atoms with Gasteiger partial charge in [-0.1, -0.05) is 218 Å². The number of hydrogen-bond acceptors (Lipinski definition) is 0. The first kappa shape index (κ1) is 36.8. The van der Waals surface area contributed by atoms with Crippen molar-refractivity contribution in [3.8, 4) is 33.6 Å². The summed E-state index contributed by atoms with van der Waals surface area (Å²) in [6.45, 7) is 0. The Balaban J connectivity index is 1.21. The maximum absolute atomic E-state index is 2.91. The predicted octanol–water partition coefficient (Wildman–Crippen LogP) is 12.6. The van der Waals surface area contributed by atoms with Crippen LogP contribution in [0, 0.1) is 0 Å². The van der Waals surface area contributed by atoms with Crippen molar-refractivity contribution in [1.29, 1.82) is 0 Å². The quantitative estimate of drug-likeness (QED) is 0.107. The third kappa shape index (κ3) is 5.85. The topological polar surface area (TPSA) is 9.86 Å². The molecule has 296 valence electrons. The molecular weight excluding hydrogens is 777 g/mol. The number of hydrogen-bond donors (Lipinski definition) is 0. The van der Waals surface area contributed by atoms with Gasteiger partial charge < -0.3 is 9.13 Å². The highest BCUT2D eigenvalue weighted by molar-refractivity contribution is 7.20. The zero-order chi connectivity index (χ0) is 41.7. The van der Waals surface area contributed by atoms with Crippen LogP contribution in [0.2, 0.25) is 0 Å². The lowest BCUT2D eigenvalue weighted by molar-refractivity contribution is 1.13. The second-order valence-electron chi connectivity index (χ2n) is 16.4. The Hall–Kier alpha value is -7.98. The first-order chi connectivity index (χ1) is 31.3. The van der Waals surface area contributed by atoms with E-state index in [2.05, 4.69) is 264 Å². The number of aromatic nitrogens is 2. The van der Waals surface area contributed by atoms with Gasteiger partial charge in [0.2, 0.25) is 0 Å². The van der Waals surface area contributed by atoms with Gasteiger partial charge >= 0.3 is 0 Å². The van der Waals surface area contributed by atoms with Gasteiger partial charge in [0.25, 0.3) is 0 Å². The van der Waals surface area contributed by atoms with Gasteiger partial charge in [0, 0.05) is 27.2 Å². The van der Waals surface area contributed by atoms with E-state index in [0.717, 1.165) is 11.4 Å². The molecule has 0 saturated carbocycles. The molecule has 12 rings (SSSR count). The van der Waals surface area contributed by atoms with Crippen molar-refractivity contribution in [2.45, 2.75) is 0 Å². The van der Waals surface area contributed by atoms with E-state index < -0.39 is 8.07 Å². The van der Waals surface area contributed by atoms with Gasteiger partial charge in [-0.05, 0) is 79.4 Å². The highest BCUT2D eigenvalue weighted by Crippen LogP contribution is 2.41. The van der Waals surface area contributed by atoms with Crippen LogP contribution >= 0.6 is 0 Å². The SMILES string of the molecule is c1ccc(-c2cccc(-n3c4cc(-c5ccccc5)ccc4c4cccc(-n5c6ccccc6c6c([Si](c7ccccc7)(c7ccccc7)c7ccccc7)cccc65)c43)c2)cc1. The van der Waals surface area contributed by atoms with Crippen molar-refractivity contribution >= 4 is 72.4 Å². The molecule has 63 heavy (non-hydrogen) atoms. The molecule has 10 aromatic carbocycles. The molecule has 12 aromatic rings. The standard InChI is InChI=1S/C60H42N2Si/c1-6-21-43(22-7-1)45-25-18-26-47(41-45)61-57-42-46(44-23-8-2-9-24-44)39-40-51(57)52-34-19-37-56(60(52)61)62-54-35-17-16-33-53(54)59-55(62)36-20-38-58(59)63(48-27-10-3-11-28-48,49-29-12-4-13-30-49)50-31-14-5-15-32-50/h1-42H. The van der Waals surface area contributed by atoms with E-state index in [0.29, 0.717) is 0 Å². The summed E-state index contributed by atoms with van der Waals surface area (Å²) >= 11 is 0. The van der Waals surface area contributed by atoms with Gasteiger partial charge in [-0.2, -0.15) is 0 Å². The number of fused-ring (bicyclic) bond motifs is 6. The minimum atomic E-state index is -2.91. The Labute approximate surface area is 368 Å². The smallest absolute Gasteiger partial charge is 0.180 e. The van der Waals surface area contributed by atoms with Crippen LogP contribution in [-0.4, -0.2) is 17.2 Å². The Morgan fingerprint density at radius 2 is 0.778 bits per heavy atom. The van der Waals surface area contributed by atoms with Gasteiger partial charge in [-0.15, -0.1) is 0 Å². The molecule has 0 aliphatic carbocycles. The number of nitrogens with zero attached hydrogens (tertiary/aromatic N) is 2. The molecule has 0 N–H and O–H groups in total. The zero-order valence-electron chi connectivity index (χ0n) is 34.6.